The fourth-order valence-corrected chi connectivity index (χ4v) is 2.31. The van der Waals surface area contributed by atoms with E-state index < -0.39 is 0 Å². The molecule has 1 aliphatic heterocycles. The van der Waals surface area contributed by atoms with Crippen LogP contribution in [0.5, 0.6) is 5.88 Å². The van der Waals surface area contributed by atoms with Crippen molar-refractivity contribution >= 4 is 0 Å². The predicted octanol–water partition coefficient (Wildman–Crippen LogP) is 1.17. The van der Waals surface area contributed by atoms with E-state index in [4.69, 9.17) is 9.47 Å². The van der Waals surface area contributed by atoms with Gasteiger partial charge in [-0.25, -0.2) is 4.98 Å². The molecule has 3 atom stereocenters. The fourth-order valence-electron chi connectivity index (χ4n) is 2.31. The Balaban J connectivity index is 2.28. The average Bonchev–Trinajstić information content (AvgIpc) is 2.78. The van der Waals surface area contributed by atoms with Crippen molar-refractivity contribution in [1.82, 2.24) is 15.3 Å². The third kappa shape index (κ3) is 2.40. The van der Waals surface area contributed by atoms with E-state index in [0.717, 1.165) is 18.7 Å². The van der Waals surface area contributed by atoms with Gasteiger partial charge in [0.2, 0.25) is 5.88 Å². The summed E-state index contributed by atoms with van der Waals surface area (Å²) in [6, 6.07) is 0.0242. The van der Waals surface area contributed by atoms with E-state index >= 15 is 0 Å². The number of nitrogens with one attached hydrogen (secondary N) is 1. The molecule has 5 nitrogen and oxygen atoms in total. The van der Waals surface area contributed by atoms with E-state index in [1.54, 1.807) is 19.5 Å². The molecule has 0 spiro atoms. The van der Waals surface area contributed by atoms with Gasteiger partial charge in [-0.2, -0.15) is 0 Å². The first kappa shape index (κ1) is 12.3. The molecular formula is C12H19N3O2. The standard InChI is InChI=1S/C12H19N3O2/c1-8-4-7-17-11(8)9(13-2)10-12(16-3)15-6-5-14-10/h5-6,8-9,11,13H,4,7H2,1-3H3. The topological polar surface area (TPSA) is 56.3 Å². The minimum atomic E-state index is 0.0242. The molecule has 3 unspecified atom stereocenters. The lowest BCUT2D eigenvalue weighted by atomic mass is 9.95. The third-order valence-corrected chi connectivity index (χ3v) is 3.26. The molecule has 2 rings (SSSR count). The van der Waals surface area contributed by atoms with E-state index in [1.165, 1.54) is 0 Å². The van der Waals surface area contributed by atoms with Gasteiger partial charge in [0.15, 0.2) is 0 Å². The zero-order chi connectivity index (χ0) is 12.3. The minimum Gasteiger partial charge on any atom is -0.480 e. The first-order chi connectivity index (χ1) is 8.27. The minimum absolute atomic E-state index is 0.0242. The van der Waals surface area contributed by atoms with Crippen LogP contribution in [0.2, 0.25) is 0 Å². The maximum absolute atomic E-state index is 5.79. The summed E-state index contributed by atoms with van der Waals surface area (Å²) >= 11 is 0. The third-order valence-electron chi connectivity index (χ3n) is 3.26. The molecule has 0 radical (unpaired) electrons. The van der Waals surface area contributed by atoms with Crippen molar-refractivity contribution < 1.29 is 9.47 Å². The molecule has 1 aliphatic rings. The lowest BCUT2D eigenvalue weighted by Gasteiger charge is -2.25. The summed E-state index contributed by atoms with van der Waals surface area (Å²) in [4.78, 5) is 8.55. The first-order valence-corrected chi connectivity index (χ1v) is 5.91. The summed E-state index contributed by atoms with van der Waals surface area (Å²) in [6.07, 6.45) is 4.53. The van der Waals surface area contributed by atoms with Crippen LogP contribution in [0.3, 0.4) is 0 Å². The molecule has 0 bridgehead atoms. The highest BCUT2D eigenvalue weighted by Gasteiger charge is 2.34. The molecule has 94 valence electrons. The first-order valence-electron chi connectivity index (χ1n) is 5.91. The van der Waals surface area contributed by atoms with E-state index in [1.807, 2.05) is 7.05 Å². The van der Waals surface area contributed by atoms with Crippen molar-refractivity contribution in [2.75, 3.05) is 20.8 Å². The number of hydrogen-bond acceptors (Lipinski definition) is 5. The summed E-state index contributed by atoms with van der Waals surface area (Å²) in [5, 5.41) is 3.26. The van der Waals surface area contributed by atoms with Crippen LogP contribution in [0.4, 0.5) is 0 Å². The van der Waals surface area contributed by atoms with Gasteiger partial charge >= 0.3 is 0 Å². The van der Waals surface area contributed by atoms with Gasteiger partial charge in [0.05, 0.1) is 19.3 Å². The lowest BCUT2D eigenvalue weighted by molar-refractivity contribution is 0.0608. The molecule has 1 aromatic rings. The van der Waals surface area contributed by atoms with E-state index in [2.05, 4.69) is 22.2 Å². The summed E-state index contributed by atoms with van der Waals surface area (Å²) in [6.45, 7) is 3.01. The molecule has 1 N–H and O–H groups in total. The Labute approximate surface area is 102 Å². The highest BCUT2D eigenvalue weighted by Crippen LogP contribution is 2.32. The zero-order valence-corrected chi connectivity index (χ0v) is 10.5. The van der Waals surface area contributed by atoms with Gasteiger partial charge in [0.25, 0.3) is 0 Å². The summed E-state index contributed by atoms with van der Waals surface area (Å²) in [5.41, 5.74) is 0.816. The average molecular weight is 237 g/mol. The van der Waals surface area contributed by atoms with Crippen molar-refractivity contribution in [3.8, 4) is 5.88 Å². The number of aromatic nitrogens is 2. The smallest absolute Gasteiger partial charge is 0.237 e. The van der Waals surface area contributed by atoms with Crippen LogP contribution in [0.15, 0.2) is 12.4 Å². The number of ether oxygens (including phenoxy) is 2. The highest BCUT2D eigenvalue weighted by atomic mass is 16.5. The normalized spacial score (nSPS) is 25.8. The quantitative estimate of drug-likeness (QED) is 0.852. The largest absolute Gasteiger partial charge is 0.480 e. The number of methoxy groups -OCH3 is 1. The molecule has 0 amide bonds. The van der Waals surface area contributed by atoms with Crippen LogP contribution in [-0.2, 0) is 4.74 Å². The Bertz CT molecular complexity index is 373. The van der Waals surface area contributed by atoms with Gasteiger partial charge in [0, 0.05) is 19.0 Å². The van der Waals surface area contributed by atoms with Crippen LogP contribution >= 0.6 is 0 Å². The van der Waals surface area contributed by atoms with Gasteiger partial charge in [-0.3, -0.25) is 4.98 Å². The summed E-state index contributed by atoms with van der Waals surface area (Å²) in [7, 11) is 3.52. The molecule has 5 heteroatoms. The number of rotatable bonds is 4. The number of nitrogens with zero attached hydrogens (tertiary/aromatic N) is 2. The maximum Gasteiger partial charge on any atom is 0.237 e. The van der Waals surface area contributed by atoms with Gasteiger partial charge in [0.1, 0.15) is 5.69 Å². The van der Waals surface area contributed by atoms with E-state index in [9.17, 15) is 0 Å². The second-order valence-electron chi connectivity index (χ2n) is 4.32. The van der Waals surface area contributed by atoms with Crippen molar-refractivity contribution in [3.05, 3.63) is 18.1 Å². The SMILES string of the molecule is CNC(c1nccnc1OC)C1OCCC1C. The van der Waals surface area contributed by atoms with Crippen molar-refractivity contribution in [3.63, 3.8) is 0 Å². The highest BCUT2D eigenvalue weighted by molar-refractivity contribution is 5.22. The van der Waals surface area contributed by atoms with Gasteiger partial charge in [-0.1, -0.05) is 6.92 Å². The van der Waals surface area contributed by atoms with Crippen LogP contribution in [-0.4, -0.2) is 36.8 Å². The molecular weight excluding hydrogens is 218 g/mol. The zero-order valence-electron chi connectivity index (χ0n) is 10.5. The molecule has 1 fully saturated rings. The molecule has 0 aliphatic carbocycles. The van der Waals surface area contributed by atoms with Crippen molar-refractivity contribution in [2.24, 2.45) is 5.92 Å². The summed E-state index contributed by atoms with van der Waals surface area (Å²) in [5.74, 6) is 1.08. The second kappa shape index (κ2) is 5.42. The van der Waals surface area contributed by atoms with Gasteiger partial charge < -0.3 is 14.8 Å². The molecule has 0 saturated carbocycles. The van der Waals surface area contributed by atoms with Gasteiger partial charge in [-0.15, -0.1) is 0 Å². The van der Waals surface area contributed by atoms with Crippen LogP contribution in [0, 0.1) is 5.92 Å². The molecule has 17 heavy (non-hydrogen) atoms. The lowest BCUT2D eigenvalue weighted by Crippen LogP contribution is -2.33. The van der Waals surface area contributed by atoms with Crippen LogP contribution in [0.1, 0.15) is 25.1 Å². The van der Waals surface area contributed by atoms with E-state index in [-0.39, 0.29) is 12.1 Å². The molecule has 0 aromatic carbocycles. The molecule has 1 aromatic heterocycles. The predicted molar refractivity (Wildman–Crippen MR) is 63.9 cm³/mol. The maximum atomic E-state index is 5.79. The Morgan fingerprint density at radius 1 is 1.47 bits per heavy atom. The second-order valence-corrected chi connectivity index (χ2v) is 4.32. The van der Waals surface area contributed by atoms with Gasteiger partial charge in [-0.05, 0) is 19.4 Å². The number of likely N-dealkylation sites (N-methyl/N-ethyl adjacent to an activating group) is 1. The van der Waals surface area contributed by atoms with Crippen LogP contribution in [0.25, 0.3) is 0 Å². The molecule has 1 saturated heterocycles. The van der Waals surface area contributed by atoms with Crippen LogP contribution < -0.4 is 10.1 Å². The Morgan fingerprint density at radius 2 is 2.24 bits per heavy atom. The monoisotopic (exact) mass is 237 g/mol. The fraction of sp³-hybridized carbons (Fsp3) is 0.667. The molecule has 2 heterocycles. The van der Waals surface area contributed by atoms with E-state index in [0.29, 0.717) is 11.8 Å². The van der Waals surface area contributed by atoms with Crippen molar-refractivity contribution in [1.29, 1.82) is 0 Å². The Hall–Kier alpha value is -1.20. The Kier molecular flexibility index (Phi) is 3.91. The number of hydrogen-bond donors (Lipinski definition) is 1. The Morgan fingerprint density at radius 3 is 2.82 bits per heavy atom. The van der Waals surface area contributed by atoms with Crippen molar-refractivity contribution in [2.45, 2.75) is 25.5 Å². The summed E-state index contributed by atoms with van der Waals surface area (Å²) < 4.78 is 11.0.